The Bertz CT molecular complexity index is 2160. The van der Waals surface area contributed by atoms with Crippen LogP contribution in [-0.2, 0) is 13.0 Å². The van der Waals surface area contributed by atoms with Gasteiger partial charge in [0.2, 0.25) is 0 Å². The van der Waals surface area contributed by atoms with Crippen molar-refractivity contribution < 1.29 is 0 Å². The number of aryl methyl sites for hydroxylation is 1. The van der Waals surface area contributed by atoms with Crippen LogP contribution in [0.4, 0.5) is 5.69 Å². The lowest BCUT2D eigenvalue weighted by molar-refractivity contribution is 0.756. The monoisotopic (exact) mass is 624 g/mol. The second-order valence-corrected chi connectivity index (χ2v) is 12.2. The predicted octanol–water partition coefficient (Wildman–Crippen LogP) is 11.0. The molecule has 1 atom stereocenters. The number of aromatic nitrogens is 1. The molecule has 0 spiro atoms. The van der Waals surface area contributed by atoms with E-state index in [-0.39, 0.29) is 5.92 Å². The van der Waals surface area contributed by atoms with Crippen molar-refractivity contribution in [2.24, 2.45) is 4.99 Å². The van der Waals surface area contributed by atoms with E-state index in [1.165, 1.54) is 34.0 Å². The fraction of sp³-hybridized carbons (Fsp3) is 0.114. The summed E-state index contributed by atoms with van der Waals surface area (Å²) in [6.07, 6.45) is 7.61. The largest absolute Gasteiger partial charge is 0.381 e. The Hall–Kier alpha value is -5.87. The fourth-order valence-electron chi connectivity index (χ4n) is 6.37. The predicted molar refractivity (Wildman–Crippen MR) is 205 cm³/mol. The Morgan fingerprint density at radius 2 is 1.69 bits per heavy atom. The van der Waals surface area contributed by atoms with Crippen LogP contribution in [0.3, 0.4) is 0 Å². The zero-order valence-corrected chi connectivity index (χ0v) is 27.6. The van der Waals surface area contributed by atoms with E-state index in [0.717, 1.165) is 56.5 Å². The molecule has 4 heteroatoms. The van der Waals surface area contributed by atoms with E-state index >= 15 is 0 Å². The van der Waals surface area contributed by atoms with Crippen molar-refractivity contribution in [3.63, 3.8) is 0 Å². The lowest BCUT2D eigenvalue weighted by Crippen LogP contribution is -2.12. The Morgan fingerprint density at radius 3 is 2.50 bits per heavy atom. The van der Waals surface area contributed by atoms with Crippen molar-refractivity contribution in [2.45, 2.75) is 32.7 Å². The van der Waals surface area contributed by atoms with Gasteiger partial charge >= 0.3 is 0 Å². The Labute approximate surface area is 283 Å². The van der Waals surface area contributed by atoms with Crippen LogP contribution in [0.5, 0.6) is 0 Å². The smallest absolute Gasteiger partial charge is 0.0714 e. The molecule has 0 saturated carbocycles. The summed E-state index contributed by atoms with van der Waals surface area (Å²) in [7, 11) is 0. The lowest BCUT2D eigenvalue weighted by atomic mass is 9.90. The molecule has 0 bridgehead atoms. The number of nitrogens with one attached hydrogen (secondary N) is 2. The van der Waals surface area contributed by atoms with E-state index in [9.17, 15) is 0 Å². The zero-order valence-electron chi connectivity index (χ0n) is 27.6. The first kappa shape index (κ1) is 32.1. The van der Waals surface area contributed by atoms with Crippen LogP contribution < -0.4 is 5.32 Å². The number of allylic oxidation sites excluding steroid dienone is 1. The van der Waals surface area contributed by atoms with E-state index in [2.05, 4.69) is 158 Å². The van der Waals surface area contributed by atoms with Crippen LogP contribution in [0.15, 0.2) is 139 Å². The van der Waals surface area contributed by atoms with Crippen molar-refractivity contribution in [1.29, 1.82) is 5.41 Å². The molecular formula is C44H40N4. The summed E-state index contributed by atoms with van der Waals surface area (Å²) in [6, 6.07) is 40.5. The van der Waals surface area contributed by atoms with E-state index in [0.29, 0.717) is 6.54 Å². The van der Waals surface area contributed by atoms with Gasteiger partial charge in [0, 0.05) is 35.6 Å². The molecule has 6 aromatic rings. The van der Waals surface area contributed by atoms with Gasteiger partial charge in [-0.05, 0) is 106 Å². The zero-order chi connectivity index (χ0) is 33.5. The van der Waals surface area contributed by atoms with Crippen LogP contribution in [0.25, 0.3) is 44.9 Å². The number of hydrogen-bond acceptors (Lipinski definition) is 4. The first-order valence-corrected chi connectivity index (χ1v) is 16.3. The molecule has 236 valence electrons. The maximum Gasteiger partial charge on any atom is 0.0714 e. The van der Waals surface area contributed by atoms with Crippen LogP contribution in [0, 0.1) is 12.3 Å². The number of benzene rings is 5. The third-order valence-corrected chi connectivity index (χ3v) is 8.95. The van der Waals surface area contributed by atoms with Crippen molar-refractivity contribution in [2.75, 3.05) is 0 Å². The van der Waals surface area contributed by atoms with Gasteiger partial charge in [-0.3, -0.25) is 9.98 Å². The minimum atomic E-state index is 0.267. The summed E-state index contributed by atoms with van der Waals surface area (Å²) in [5.41, 5.74) is 14.4. The molecule has 5 aromatic carbocycles. The van der Waals surface area contributed by atoms with Gasteiger partial charge in [-0.2, -0.15) is 0 Å². The average Bonchev–Trinajstić information content (AvgIpc) is 3.13. The van der Waals surface area contributed by atoms with Gasteiger partial charge < -0.3 is 10.7 Å². The fourth-order valence-corrected chi connectivity index (χ4v) is 6.37. The third-order valence-electron chi connectivity index (χ3n) is 8.95. The maximum atomic E-state index is 7.28. The summed E-state index contributed by atoms with van der Waals surface area (Å²) in [6.45, 7) is 13.4. The van der Waals surface area contributed by atoms with Crippen molar-refractivity contribution in [3.8, 4) is 22.3 Å². The number of fused-ring (bicyclic) bond motifs is 1. The van der Waals surface area contributed by atoms with Crippen LogP contribution >= 0.6 is 0 Å². The molecule has 0 aliphatic rings. The van der Waals surface area contributed by atoms with Crippen LogP contribution in [-0.4, -0.2) is 17.9 Å². The molecule has 1 aromatic heterocycles. The summed E-state index contributed by atoms with van der Waals surface area (Å²) in [4.78, 5) is 9.00. The topological polar surface area (TPSA) is 61.1 Å². The standard InChI is InChI=1S/C44H40N4/c1-30-11-5-6-15-38(30)41-17-8-7-16-39(41)32(3)48-29-34-12-9-14-35(26-34)31(2)25-37-28-36(19-21-43(37)46-4)40-22-24-47-44-27-33(13-10-23-45)18-20-42(40)44/h5-24,26-28,31,45,48H,3-4,25,29H2,1-2H3/b13-10-,45-23?. The van der Waals surface area contributed by atoms with Crippen molar-refractivity contribution in [3.05, 3.63) is 167 Å². The number of nitrogens with zero attached hydrogens (tertiary/aromatic N) is 2. The molecule has 1 heterocycles. The van der Waals surface area contributed by atoms with Crippen LogP contribution in [0.2, 0.25) is 0 Å². The summed E-state index contributed by atoms with van der Waals surface area (Å²) >= 11 is 0. The molecule has 6 rings (SSSR count). The van der Waals surface area contributed by atoms with Crippen molar-refractivity contribution >= 4 is 41.3 Å². The lowest BCUT2D eigenvalue weighted by Gasteiger charge is -2.18. The minimum absolute atomic E-state index is 0.267. The normalized spacial score (nSPS) is 11.8. The quantitative estimate of drug-likeness (QED) is 0.133. The first-order chi connectivity index (χ1) is 23.4. The molecule has 0 radical (unpaired) electrons. The van der Waals surface area contributed by atoms with E-state index < -0.39 is 0 Å². The second-order valence-electron chi connectivity index (χ2n) is 12.2. The van der Waals surface area contributed by atoms with Crippen molar-refractivity contribution in [1.82, 2.24) is 10.3 Å². The molecule has 0 amide bonds. The number of aliphatic imine (C=N–C) groups is 1. The van der Waals surface area contributed by atoms with Gasteiger partial charge in [0.1, 0.15) is 0 Å². The molecule has 48 heavy (non-hydrogen) atoms. The molecule has 0 saturated heterocycles. The maximum absolute atomic E-state index is 7.28. The van der Waals surface area contributed by atoms with E-state index in [4.69, 9.17) is 5.41 Å². The second kappa shape index (κ2) is 14.7. The SMILES string of the molecule is C=Nc1ccc(-c2ccnc3cc(/C=C\C=N)ccc23)cc1CC(C)c1cccc(CNC(=C)c2ccccc2-c2ccccc2C)c1. The highest BCUT2D eigenvalue weighted by atomic mass is 14.9. The molecule has 0 aliphatic heterocycles. The summed E-state index contributed by atoms with van der Waals surface area (Å²) in [5, 5.41) is 12.0. The molecule has 0 fully saturated rings. The molecule has 1 unspecified atom stereocenters. The highest BCUT2D eigenvalue weighted by molar-refractivity contribution is 5.96. The van der Waals surface area contributed by atoms with Gasteiger partial charge in [-0.1, -0.05) is 111 Å². The highest BCUT2D eigenvalue weighted by Gasteiger charge is 2.14. The molecule has 0 aliphatic carbocycles. The van der Waals surface area contributed by atoms with Crippen LogP contribution in [0.1, 0.15) is 46.2 Å². The van der Waals surface area contributed by atoms with E-state index in [1.54, 1.807) is 6.08 Å². The minimum Gasteiger partial charge on any atom is -0.381 e. The van der Waals surface area contributed by atoms with Gasteiger partial charge in [0.25, 0.3) is 0 Å². The van der Waals surface area contributed by atoms with Gasteiger partial charge in [-0.15, -0.1) is 0 Å². The number of rotatable bonds is 12. The Morgan fingerprint density at radius 1 is 0.875 bits per heavy atom. The van der Waals surface area contributed by atoms with E-state index in [1.807, 2.05) is 12.3 Å². The number of hydrogen-bond donors (Lipinski definition) is 2. The molecular weight excluding hydrogens is 585 g/mol. The van der Waals surface area contributed by atoms with Gasteiger partial charge in [0.15, 0.2) is 0 Å². The number of pyridine rings is 1. The summed E-state index contributed by atoms with van der Waals surface area (Å²) < 4.78 is 0. The Balaban J connectivity index is 1.20. The first-order valence-electron chi connectivity index (χ1n) is 16.3. The highest BCUT2D eigenvalue weighted by Crippen LogP contribution is 2.35. The summed E-state index contributed by atoms with van der Waals surface area (Å²) in [5.74, 6) is 0.267. The molecule has 2 N–H and O–H groups in total. The molecule has 4 nitrogen and oxygen atoms in total. The van der Waals surface area contributed by atoms with Gasteiger partial charge in [0.05, 0.1) is 11.2 Å². The third kappa shape index (κ3) is 7.08. The van der Waals surface area contributed by atoms with Gasteiger partial charge in [-0.25, -0.2) is 0 Å². The average molecular weight is 625 g/mol. The Kier molecular flexibility index (Phi) is 9.83.